The molecule has 3 atom stereocenters. The van der Waals surface area contributed by atoms with Gasteiger partial charge in [-0.2, -0.15) is 0 Å². The quantitative estimate of drug-likeness (QED) is 0.831. The van der Waals surface area contributed by atoms with E-state index in [9.17, 15) is 9.18 Å². The summed E-state index contributed by atoms with van der Waals surface area (Å²) in [5.41, 5.74) is 10.4. The Morgan fingerprint density at radius 2 is 1.74 bits per heavy atom. The Kier molecular flexibility index (Phi) is 5.59. The number of aryl methyl sites for hydroxylation is 2. The van der Waals surface area contributed by atoms with Gasteiger partial charge in [0, 0.05) is 19.1 Å². The lowest BCUT2D eigenvalue weighted by molar-refractivity contribution is 0.0775. The van der Waals surface area contributed by atoms with Crippen LogP contribution in [0, 0.1) is 31.5 Å². The van der Waals surface area contributed by atoms with Gasteiger partial charge in [-0.05, 0) is 72.9 Å². The van der Waals surface area contributed by atoms with Crippen LogP contribution in [0.5, 0.6) is 0 Å². The second-order valence-corrected chi connectivity index (χ2v) is 7.87. The topological polar surface area (TPSA) is 46.3 Å². The third kappa shape index (κ3) is 3.61. The molecule has 1 aliphatic heterocycles. The molecule has 27 heavy (non-hydrogen) atoms. The molecule has 1 saturated heterocycles. The second kappa shape index (κ2) is 7.61. The first-order valence-corrected chi connectivity index (χ1v) is 9.36. The van der Waals surface area contributed by atoms with Crippen molar-refractivity contribution in [3.05, 3.63) is 58.9 Å². The third-order valence-corrected chi connectivity index (χ3v) is 6.24. The van der Waals surface area contributed by atoms with Gasteiger partial charge in [0.15, 0.2) is 0 Å². The number of hydrogen-bond acceptors (Lipinski definition) is 2. The molecule has 1 saturated carbocycles. The van der Waals surface area contributed by atoms with Crippen molar-refractivity contribution in [2.45, 2.75) is 32.7 Å². The van der Waals surface area contributed by atoms with Gasteiger partial charge >= 0.3 is 0 Å². The molecule has 2 N–H and O–H groups in total. The molecular formula is C22H26ClFN2O. The molecule has 2 aromatic carbocycles. The van der Waals surface area contributed by atoms with Gasteiger partial charge in [0.05, 0.1) is 5.56 Å². The van der Waals surface area contributed by atoms with Crippen molar-refractivity contribution >= 4 is 18.3 Å². The van der Waals surface area contributed by atoms with E-state index in [2.05, 4.69) is 13.0 Å². The van der Waals surface area contributed by atoms with E-state index in [1.54, 1.807) is 11.0 Å². The van der Waals surface area contributed by atoms with Crippen LogP contribution in [-0.2, 0) is 0 Å². The van der Waals surface area contributed by atoms with Crippen molar-refractivity contribution in [3.63, 3.8) is 0 Å². The SMILES string of the molecule is Cc1ccc(-c2ccc(C(=O)N3CC4CCC(N)C4C3)c(F)c2)cc1C.Cl. The minimum absolute atomic E-state index is 0. The largest absolute Gasteiger partial charge is 0.338 e. The van der Waals surface area contributed by atoms with E-state index in [-0.39, 0.29) is 29.9 Å². The van der Waals surface area contributed by atoms with Crippen LogP contribution >= 0.6 is 12.4 Å². The first kappa shape index (κ1) is 19.8. The Morgan fingerprint density at radius 3 is 2.41 bits per heavy atom. The molecule has 0 spiro atoms. The van der Waals surface area contributed by atoms with E-state index in [0.29, 0.717) is 24.9 Å². The normalized spacial score (nSPS) is 23.9. The van der Waals surface area contributed by atoms with Crippen LogP contribution in [0.1, 0.15) is 34.3 Å². The smallest absolute Gasteiger partial charge is 0.256 e. The predicted octanol–water partition coefficient (Wildman–Crippen LogP) is 4.34. The van der Waals surface area contributed by atoms with Crippen LogP contribution in [0.15, 0.2) is 36.4 Å². The Labute approximate surface area is 166 Å². The van der Waals surface area contributed by atoms with Crippen molar-refractivity contribution in [3.8, 4) is 11.1 Å². The average molecular weight is 389 g/mol. The van der Waals surface area contributed by atoms with Gasteiger partial charge in [0.25, 0.3) is 5.91 Å². The summed E-state index contributed by atoms with van der Waals surface area (Å²) < 4.78 is 14.7. The summed E-state index contributed by atoms with van der Waals surface area (Å²) in [5.74, 6) is 0.187. The summed E-state index contributed by atoms with van der Waals surface area (Å²) >= 11 is 0. The number of fused-ring (bicyclic) bond motifs is 1. The van der Waals surface area contributed by atoms with E-state index >= 15 is 0 Å². The first-order chi connectivity index (χ1) is 12.4. The molecule has 0 radical (unpaired) electrons. The molecule has 2 aliphatic rings. The zero-order valence-corrected chi connectivity index (χ0v) is 16.6. The maximum Gasteiger partial charge on any atom is 0.256 e. The number of likely N-dealkylation sites (tertiary alicyclic amines) is 1. The Hall–Kier alpha value is -1.91. The van der Waals surface area contributed by atoms with Crippen LogP contribution < -0.4 is 5.73 Å². The summed E-state index contributed by atoms with van der Waals surface area (Å²) in [5, 5.41) is 0. The van der Waals surface area contributed by atoms with Crippen LogP contribution in [0.2, 0.25) is 0 Å². The van der Waals surface area contributed by atoms with Gasteiger partial charge in [-0.1, -0.05) is 24.3 Å². The molecule has 4 rings (SSSR count). The Bertz CT molecular complexity index is 869. The summed E-state index contributed by atoms with van der Waals surface area (Å²) in [6, 6.07) is 11.2. The highest BCUT2D eigenvalue weighted by atomic mass is 35.5. The number of hydrogen-bond donors (Lipinski definition) is 1. The highest BCUT2D eigenvalue weighted by molar-refractivity contribution is 5.95. The molecule has 3 unspecified atom stereocenters. The fraction of sp³-hybridized carbons (Fsp3) is 0.409. The lowest BCUT2D eigenvalue weighted by Gasteiger charge is -2.19. The van der Waals surface area contributed by atoms with Crippen molar-refractivity contribution in [2.75, 3.05) is 13.1 Å². The second-order valence-electron chi connectivity index (χ2n) is 7.87. The third-order valence-electron chi connectivity index (χ3n) is 6.24. The number of benzene rings is 2. The zero-order valence-electron chi connectivity index (χ0n) is 15.7. The summed E-state index contributed by atoms with van der Waals surface area (Å²) in [4.78, 5) is 14.6. The molecule has 0 aromatic heterocycles. The molecule has 1 aliphatic carbocycles. The standard InChI is InChI=1S/C22H25FN2O.ClH/c1-13-3-4-15(9-14(13)2)16-5-7-18(20(23)10-16)22(26)25-11-17-6-8-21(24)19(17)12-25;/h3-5,7,9-10,17,19,21H,6,8,11-12,24H2,1-2H3;1H. The maximum atomic E-state index is 14.7. The van der Waals surface area contributed by atoms with Crippen molar-refractivity contribution < 1.29 is 9.18 Å². The zero-order chi connectivity index (χ0) is 18.4. The van der Waals surface area contributed by atoms with Gasteiger partial charge in [0.1, 0.15) is 5.82 Å². The lowest BCUT2D eigenvalue weighted by Crippen LogP contribution is -2.33. The van der Waals surface area contributed by atoms with Gasteiger partial charge in [-0.3, -0.25) is 4.79 Å². The monoisotopic (exact) mass is 388 g/mol. The van der Waals surface area contributed by atoms with Gasteiger partial charge < -0.3 is 10.6 Å². The lowest BCUT2D eigenvalue weighted by atomic mass is 9.98. The fourth-order valence-corrected chi connectivity index (χ4v) is 4.43. The van der Waals surface area contributed by atoms with E-state index in [4.69, 9.17) is 5.73 Å². The highest BCUT2D eigenvalue weighted by Gasteiger charge is 2.42. The van der Waals surface area contributed by atoms with E-state index < -0.39 is 5.82 Å². The van der Waals surface area contributed by atoms with E-state index in [0.717, 1.165) is 24.0 Å². The molecule has 144 valence electrons. The van der Waals surface area contributed by atoms with E-state index in [1.807, 2.05) is 25.1 Å². The molecule has 0 bridgehead atoms. The minimum atomic E-state index is -0.452. The Balaban J connectivity index is 0.00000210. The summed E-state index contributed by atoms with van der Waals surface area (Å²) in [7, 11) is 0. The first-order valence-electron chi connectivity index (χ1n) is 9.36. The molecular weight excluding hydrogens is 363 g/mol. The number of rotatable bonds is 2. The predicted molar refractivity (Wildman–Crippen MR) is 109 cm³/mol. The number of nitrogens with zero attached hydrogens (tertiary/aromatic N) is 1. The Morgan fingerprint density at radius 1 is 1.04 bits per heavy atom. The van der Waals surface area contributed by atoms with Crippen molar-refractivity contribution in [1.82, 2.24) is 4.90 Å². The number of nitrogens with two attached hydrogens (primary N) is 1. The van der Waals surface area contributed by atoms with Gasteiger partial charge in [-0.15, -0.1) is 12.4 Å². The van der Waals surface area contributed by atoms with Crippen LogP contribution in [-0.4, -0.2) is 29.9 Å². The fourth-order valence-electron chi connectivity index (χ4n) is 4.43. The minimum Gasteiger partial charge on any atom is -0.338 e. The molecule has 5 heteroatoms. The summed E-state index contributed by atoms with van der Waals surface area (Å²) in [6.07, 6.45) is 2.11. The maximum absolute atomic E-state index is 14.7. The molecule has 1 heterocycles. The van der Waals surface area contributed by atoms with Crippen molar-refractivity contribution in [1.29, 1.82) is 0 Å². The van der Waals surface area contributed by atoms with Crippen LogP contribution in [0.3, 0.4) is 0 Å². The molecule has 1 amide bonds. The highest BCUT2D eigenvalue weighted by Crippen LogP contribution is 2.38. The average Bonchev–Trinajstić information content (AvgIpc) is 3.19. The van der Waals surface area contributed by atoms with Crippen molar-refractivity contribution in [2.24, 2.45) is 17.6 Å². The summed E-state index contributed by atoms with van der Waals surface area (Å²) in [6.45, 7) is 5.46. The molecule has 2 fully saturated rings. The van der Waals surface area contributed by atoms with Crippen LogP contribution in [0.25, 0.3) is 11.1 Å². The molecule has 3 nitrogen and oxygen atoms in total. The van der Waals surface area contributed by atoms with Gasteiger partial charge in [-0.25, -0.2) is 4.39 Å². The van der Waals surface area contributed by atoms with Crippen LogP contribution in [0.4, 0.5) is 4.39 Å². The van der Waals surface area contributed by atoms with Gasteiger partial charge in [0.2, 0.25) is 0 Å². The number of amides is 1. The number of carbonyl (C=O) groups excluding carboxylic acids is 1. The van der Waals surface area contributed by atoms with E-state index in [1.165, 1.54) is 17.2 Å². The number of halogens is 2. The number of carbonyl (C=O) groups is 1. The molecule has 2 aromatic rings.